The van der Waals surface area contributed by atoms with Crippen molar-refractivity contribution >= 4 is 34.8 Å². The van der Waals surface area contributed by atoms with Gasteiger partial charge in [-0.1, -0.05) is 29.3 Å². The lowest BCUT2D eigenvalue weighted by atomic mass is 10.3. The van der Waals surface area contributed by atoms with Gasteiger partial charge in [0.15, 0.2) is 0 Å². The highest BCUT2D eigenvalue weighted by Gasteiger charge is 2.11. The van der Waals surface area contributed by atoms with Gasteiger partial charge in [0.25, 0.3) is 0 Å². The zero-order chi connectivity index (χ0) is 15.7. The standard InChI is InChI=1S/C14H20Cl2N2O3/c15-11-3-1-4-12(16)14(11)17-13(21)5-7-18(8-10-20)6-2-9-19/h1,3-4,19-20H,2,5-10H2,(H,17,21). The molecule has 1 aromatic rings. The van der Waals surface area contributed by atoms with Gasteiger partial charge < -0.3 is 20.4 Å². The van der Waals surface area contributed by atoms with E-state index >= 15 is 0 Å². The van der Waals surface area contributed by atoms with Crippen molar-refractivity contribution in [1.82, 2.24) is 4.90 Å². The van der Waals surface area contributed by atoms with Crippen LogP contribution >= 0.6 is 23.2 Å². The van der Waals surface area contributed by atoms with Crippen molar-refractivity contribution in [2.24, 2.45) is 0 Å². The van der Waals surface area contributed by atoms with Crippen molar-refractivity contribution in [2.75, 3.05) is 38.2 Å². The third kappa shape index (κ3) is 6.63. The lowest BCUT2D eigenvalue weighted by Crippen LogP contribution is -2.31. The Morgan fingerprint density at radius 1 is 1.10 bits per heavy atom. The number of halogens is 2. The maximum atomic E-state index is 11.9. The number of anilines is 1. The zero-order valence-electron chi connectivity index (χ0n) is 11.7. The Labute approximate surface area is 134 Å². The first-order valence-corrected chi connectivity index (χ1v) is 7.52. The molecule has 1 rings (SSSR count). The topological polar surface area (TPSA) is 72.8 Å². The fourth-order valence-corrected chi connectivity index (χ4v) is 2.34. The highest BCUT2D eigenvalue weighted by molar-refractivity contribution is 6.39. The molecule has 0 aromatic heterocycles. The number of hydrogen-bond acceptors (Lipinski definition) is 4. The van der Waals surface area contributed by atoms with E-state index in [9.17, 15) is 4.79 Å². The number of aliphatic hydroxyl groups excluding tert-OH is 2. The Morgan fingerprint density at radius 3 is 2.33 bits per heavy atom. The van der Waals surface area contributed by atoms with Crippen molar-refractivity contribution in [3.63, 3.8) is 0 Å². The molecule has 0 radical (unpaired) electrons. The maximum absolute atomic E-state index is 11.9. The van der Waals surface area contributed by atoms with Crippen LogP contribution in [0, 0.1) is 0 Å². The van der Waals surface area contributed by atoms with E-state index in [1.807, 2.05) is 4.90 Å². The molecule has 0 saturated heterocycles. The predicted molar refractivity (Wildman–Crippen MR) is 84.9 cm³/mol. The van der Waals surface area contributed by atoms with Gasteiger partial charge >= 0.3 is 0 Å². The van der Waals surface area contributed by atoms with Crippen molar-refractivity contribution in [3.05, 3.63) is 28.2 Å². The molecule has 0 spiro atoms. The van der Waals surface area contributed by atoms with Gasteiger partial charge in [-0.15, -0.1) is 0 Å². The normalized spacial score (nSPS) is 10.9. The van der Waals surface area contributed by atoms with Gasteiger partial charge in [0.05, 0.1) is 22.3 Å². The summed E-state index contributed by atoms with van der Waals surface area (Å²) < 4.78 is 0. The number of carbonyl (C=O) groups excluding carboxylic acids is 1. The summed E-state index contributed by atoms with van der Waals surface area (Å²) in [6.07, 6.45) is 0.866. The molecule has 0 aliphatic rings. The van der Waals surface area contributed by atoms with E-state index in [0.29, 0.717) is 41.8 Å². The van der Waals surface area contributed by atoms with Crippen LogP contribution in [0.15, 0.2) is 18.2 Å². The van der Waals surface area contributed by atoms with Gasteiger partial charge in [-0.2, -0.15) is 0 Å². The molecule has 21 heavy (non-hydrogen) atoms. The first-order chi connectivity index (χ1) is 10.1. The summed E-state index contributed by atoms with van der Waals surface area (Å²) in [5, 5.41) is 21.3. The third-order valence-corrected chi connectivity index (χ3v) is 3.56. The van der Waals surface area contributed by atoms with Gasteiger partial charge in [-0.3, -0.25) is 4.79 Å². The van der Waals surface area contributed by atoms with E-state index in [1.165, 1.54) is 0 Å². The molecular formula is C14H20Cl2N2O3. The quantitative estimate of drug-likeness (QED) is 0.645. The maximum Gasteiger partial charge on any atom is 0.225 e. The fourth-order valence-electron chi connectivity index (χ4n) is 1.85. The van der Waals surface area contributed by atoms with Crippen LogP contribution in [-0.4, -0.2) is 53.9 Å². The molecule has 5 nitrogen and oxygen atoms in total. The molecule has 7 heteroatoms. The number of carbonyl (C=O) groups is 1. The molecule has 0 heterocycles. The second kappa shape index (κ2) is 9.97. The SMILES string of the molecule is O=C(CCN(CCO)CCCO)Nc1c(Cl)cccc1Cl. The molecule has 0 fully saturated rings. The Kier molecular flexibility index (Phi) is 8.64. The molecule has 1 amide bonds. The van der Waals surface area contributed by atoms with E-state index in [2.05, 4.69) is 5.32 Å². The Morgan fingerprint density at radius 2 is 1.76 bits per heavy atom. The van der Waals surface area contributed by atoms with Crippen LogP contribution in [0.5, 0.6) is 0 Å². The van der Waals surface area contributed by atoms with Crippen LogP contribution in [0.25, 0.3) is 0 Å². The smallest absolute Gasteiger partial charge is 0.225 e. The summed E-state index contributed by atoms with van der Waals surface area (Å²) in [4.78, 5) is 13.9. The van der Waals surface area contributed by atoms with E-state index in [1.54, 1.807) is 18.2 Å². The lowest BCUT2D eigenvalue weighted by molar-refractivity contribution is -0.116. The molecule has 1 aromatic carbocycles. The molecule has 0 atom stereocenters. The minimum absolute atomic E-state index is 0.0173. The van der Waals surface area contributed by atoms with Gasteiger partial charge in [-0.05, 0) is 18.6 Å². The van der Waals surface area contributed by atoms with E-state index in [0.717, 1.165) is 0 Å². The van der Waals surface area contributed by atoms with Gasteiger partial charge in [0.2, 0.25) is 5.91 Å². The Balaban J connectivity index is 2.49. The van der Waals surface area contributed by atoms with Crippen LogP contribution in [0.2, 0.25) is 10.0 Å². The summed E-state index contributed by atoms with van der Waals surface area (Å²) >= 11 is 12.0. The number of aliphatic hydroxyl groups is 2. The third-order valence-electron chi connectivity index (χ3n) is 2.93. The second-order valence-electron chi connectivity index (χ2n) is 4.54. The number of hydrogen-bond donors (Lipinski definition) is 3. The molecule has 3 N–H and O–H groups in total. The van der Waals surface area contributed by atoms with Gasteiger partial charge in [0, 0.05) is 32.7 Å². The van der Waals surface area contributed by atoms with Crippen LogP contribution in [0.3, 0.4) is 0 Å². The number of amides is 1. The number of nitrogens with zero attached hydrogens (tertiary/aromatic N) is 1. The first kappa shape index (κ1) is 18.2. The fraction of sp³-hybridized carbons (Fsp3) is 0.500. The first-order valence-electron chi connectivity index (χ1n) is 6.76. The largest absolute Gasteiger partial charge is 0.396 e. The minimum atomic E-state index is -0.197. The molecule has 118 valence electrons. The number of benzene rings is 1. The van der Waals surface area contributed by atoms with Gasteiger partial charge in [-0.25, -0.2) is 0 Å². The predicted octanol–water partition coefficient (Wildman–Crippen LogP) is 2.00. The van der Waals surface area contributed by atoms with Crippen LogP contribution in [0.1, 0.15) is 12.8 Å². The molecule has 0 aliphatic carbocycles. The van der Waals surface area contributed by atoms with Gasteiger partial charge in [0.1, 0.15) is 0 Å². The summed E-state index contributed by atoms with van der Waals surface area (Å²) in [5.41, 5.74) is 0.412. The Hall–Kier alpha value is -0.850. The monoisotopic (exact) mass is 334 g/mol. The summed E-state index contributed by atoms with van der Waals surface area (Å²) in [6.45, 7) is 1.71. The lowest BCUT2D eigenvalue weighted by Gasteiger charge is -2.20. The van der Waals surface area contributed by atoms with Crippen molar-refractivity contribution in [1.29, 1.82) is 0 Å². The van der Waals surface area contributed by atoms with Crippen molar-refractivity contribution in [2.45, 2.75) is 12.8 Å². The summed E-state index contributed by atoms with van der Waals surface area (Å²) in [6, 6.07) is 5.02. The highest BCUT2D eigenvalue weighted by Crippen LogP contribution is 2.29. The Bertz CT molecular complexity index is 438. The summed E-state index contributed by atoms with van der Waals surface area (Å²) in [5.74, 6) is -0.197. The van der Waals surface area contributed by atoms with Crippen LogP contribution in [0.4, 0.5) is 5.69 Å². The highest BCUT2D eigenvalue weighted by atomic mass is 35.5. The van der Waals surface area contributed by atoms with Crippen molar-refractivity contribution < 1.29 is 15.0 Å². The number of para-hydroxylation sites is 1. The van der Waals surface area contributed by atoms with E-state index < -0.39 is 0 Å². The molecule has 0 bridgehead atoms. The molecule has 0 saturated carbocycles. The second-order valence-corrected chi connectivity index (χ2v) is 5.35. The average molecular weight is 335 g/mol. The molecule has 0 aliphatic heterocycles. The van der Waals surface area contributed by atoms with Crippen molar-refractivity contribution in [3.8, 4) is 0 Å². The average Bonchev–Trinajstić information content (AvgIpc) is 2.46. The minimum Gasteiger partial charge on any atom is -0.396 e. The molecular weight excluding hydrogens is 315 g/mol. The zero-order valence-corrected chi connectivity index (χ0v) is 13.2. The molecule has 0 unspecified atom stereocenters. The van der Waals surface area contributed by atoms with E-state index in [4.69, 9.17) is 33.4 Å². The number of nitrogens with one attached hydrogen (secondary N) is 1. The summed E-state index contributed by atoms with van der Waals surface area (Å²) in [7, 11) is 0. The number of rotatable bonds is 9. The van der Waals surface area contributed by atoms with E-state index in [-0.39, 0.29) is 25.5 Å². The van der Waals surface area contributed by atoms with Crippen LogP contribution < -0.4 is 5.32 Å². The van der Waals surface area contributed by atoms with Crippen LogP contribution in [-0.2, 0) is 4.79 Å².